The van der Waals surface area contributed by atoms with Crippen LogP contribution in [-0.2, 0) is 9.84 Å². The molecule has 1 fully saturated rings. The highest BCUT2D eigenvalue weighted by molar-refractivity contribution is 7.91. The van der Waals surface area contributed by atoms with Crippen LogP contribution in [0.15, 0.2) is 36.4 Å². The van der Waals surface area contributed by atoms with Gasteiger partial charge in [0, 0.05) is 30.5 Å². The van der Waals surface area contributed by atoms with E-state index in [0.717, 1.165) is 17.2 Å². The number of aromatic nitrogens is 2. The molecule has 2 aromatic rings. The first-order chi connectivity index (χ1) is 10.9. The molecular formula is C16H20N4O2S. The molecule has 1 N–H and O–H groups in total. The Balaban J connectivity index is 1.82. The van der Waals surface area contributed by atoms with Crippen molar-refractivity contribution < 1.29 is 8.42 Å². The smallest absolute Gasteiger partial charge is 0.225 e. The van der Waals surface area contributed by atoms with Gasteiger partial charge in [0.1, 0.15) is 5.82 Å². The van der Waals surface area contributed by atoms with E-state index in [-0.39, 0.29) is 17.5 Å². The Morgan fingerprint density at radius 2 is 1.96 bits per heavy atom. The zero-order valence-corrected chi connectivity index (χ0v) is 14.0. The Morgan fingerprint density at radius 1 is 1.22 bits per heavy atom. The topological polar surface area (TPSA) is 75.2 Å². The molecule has 7 heteroatoms. The van der Waals surface area contributed by atoms with E-state index >= 15 is 0 Å². The standard InChI is InChI=1S/C16H20N4O2S/c1-12-10-15(20(2)14-6-4-3-5-7-14)19-16(17-12)18-13-8-9-23(21,22)11-13/h3-7,10,13H,8-9,11H2,1-2H3,(H,17,18,19). The van der Waals surface area contributed by atoms with Crippen molar-refractivity contribution in [3.63, 3.8) is 0 Å². The Kier molecular flexibility index (Phi) is 4.21. The number of nitrogens with zero attached hydrogens (tertiary/aromatic N) is 3. The fourth-order valence-electron chi connectivity index (χ4n) is 2.66. The molecule has 3 rings (SSSR count). The molecule has 2 heterocycles. The monoisotopic (exact) mass is 332 g/mol. The first kappa shape index (κ1) is 15.7. The van der Waals surface area contributed by atoms with Gasteiger partial charge in [0.15, 0.2) is 9.84 Å². The van der Waals surface area contributed by atoms with Gasteiger partial charge in [-0.15, -0.1) is 0 Å². The number of aryl methyl sites for hydroxylation is 1. The molecule has 1 unspecified atom stereocenters. The fourth-order valence-corrected chi connectivity index (χ4v) is 4.34. The molecule has 1 aromatic heterocycles. The third kappa shape index (κ3) is 3.79. The molecule has 1 aromatic carbocycles. The van der Waals surface area contributed by atoms with Gasteiger partial charge >= 0.3 is 0 Å². The predicted octanol–water partition coefficient (Wildman–Crippen LogP) is 2.15. The van der Waals surface area contributed by atoms with Gasteiger partial charge in [0.2, 0.25) is 5.95 Å². The molecule has 23 heavy (non-hydrogen) atoms. The second-order valence-corrected chi connectivity index (χ2v) is 8.06. The van der Waals surface area contributed by atoms with E-state index in [1.54, 1.807) is 0 Å². The van der Waals surface area contributed by atoms with E-state index in [4.69, 9.17) is 0 Å². The minimum absolute atomic E-state index is 0.114. The van der Waals surface area contributed by atoms with Crippen molar-refractivity contribution in [3.8, 4) is 0 Å². The van der Waals surface area contributed by atoms with E-state index in [2.05, 4.69) is 15.3 Å². The molecular weight excluding hydrogens is 312 g/mol. The lowest BCUT2D eigenvalue weighted by molar-refractivity contribution is 0.602. The molecule has 0 amide bonds. The van der Waals surface area contributed by atoms with Gasteiger partial charge < -0.3 is 10.2 Å². The van der Waals surface area contributed by atoms with Crippen LogP contribution in [0, 0.1) is 6.92 Å². The zero-order chi connectivity index (χ0) is 16.4. The number of benzene rings is 1. The van der Waals surface area contributed by atoms with Crippen LogP contribution >= 0.6 is 0 Å². The second-order valence-electron chi connectivity index (χ2n) is 5.83. The first-order valence-corrected chi connectivity index (χ1v) is 9.36. The van der Waals surface area contributed by atoms with Crippen molar-refractivity contribution >= 4 is 27.3 Å². The summed E-state index contributed by atoms with van der Waals surface area (Å²) in [5, 5.41) is 3.16. The number of anilines is 3. The highest BCUT2D eigenvalue weighted by Crippen LogP contribution is 2.23. The molecule has 6 nitrogen and oxygen atoms in total. The lowest BCUT2D eigenvalue weighted by Gasteiger charge is -2.20. The summed E-state index contributed by atoms with van der Waals surface area (Å²) < 4.78 is 23.1. The maximum absolute atomic E-state index is 11.6. The maximum atomic E-state index is 11.6. The zero-order valence-electron chi connectivity index (χ0n) is 13.2. The number of hydrogen-bond acceptors (Lipinski definition) is 6. The summed E-state index contributed by atoms with van der Waals surface area (Å²) in [4.78, 5) is 10.9. The van der Waals surface area contributed by atoms with E-state index in [1.165, 1.54) is 0 Å². The Hall–Kier alpha value is -2.15. The average molecular weight is 332 g/mol. The summed E-state index contributed by atoms with van der Waals surface area (Å²) in [6.07, 6.45) is 0.601. The molecule has 0 bridgehead atoms. The minimum atomic E-state index is -2.92. The quantitative estimate of drug-likeness (QED) is 0.925. The van der Waals surface area contributed by atoms with Gasteiger partial charge in [0.25, 0.3) is 0 Å². The van der Waals surface area contributed by atoms with Crippen LogP contribution in [0.5, 0.6) is 0 Å². The van der Waals surface area contributed by atoms with E-state index in [9.17, 15) is 8.42 Å². The summed E-state index contributed by atoms with van der Waals surface area (Å²) in [6, 6.07) is 11.7. The van der Waals surface area contributed by atoms with Crippen molar-refractivity contribution in [2.75, 3.05) is 28.8 Å². The summed E-state index contributed by atoms with van der Waals surface area (Å²) in [7, 11) is -0.978. The number of hydrogen-bond donors (Lipinski definition) is 1. The van der Waals surface area contributed by atoms with E-state index in [0.29, 0.717) is 12.4 Å². The number of sulfone groups is 1. The molecule has 0 saturated carbocycles. The van der Waals surface area contributed by atoms with Crippen molar-refractivity contribution in [2.24, 2.45) is 0 Å². The van der Waals surface area contributed by atoms with Crippen molar-refractivity contribution in [1.82, 2.24) is 9.97 Å². The normalized spacial score (nSPS) is 19.5. The molecule has 1 aliphatic rings. The molecule has 0 radical (unpaired) electrons. The van der Waals surface area contributed by atoms with Crippen LogP contribution in [0.25, 0.3) is 0 Å². The average Bonchev–Trinajstić information content (AvgIpc) is 2.85. The van der Waals surface area contributed by atoms with E-state index < -0.39 is 9.84 Å². The fraction of sp³-hybridized carbons (Fsp3) is 0.375. The van der Waals surface area contributed by atoms with Crippen LogP contribution in [0.1, 0.15) is 12.1 Å². The van der Waals surface area contributed by atoms with Crippen LogP contribution < -0.4 is 10.2 Å². The van der Waals surface area contributed by atoms with Gasteiger partial charge in [-0.05, 0) is 25.5 Å². The molecule has 1 aliphatic heterocycles. The van der Waals surface area contributed by atoms with Crippen LogP contribution in [-0.4, -0.2) is 43.0 Å². The number of nitrogens with one attached hydrogen (secondary N) is 1. The molecule has 0 spiro atoms. The SMILES string of the molecule is Cc1cc(N(C)c2ccccc2)nc(NC2CCS(=O)(=O)C2)n1. The summed E-state index contributed by atoms with van der Waals surface area (Å²) in [5.74, 6) is 1.62. The predicted molar refractivity (Wildman–Crippen MR) is 92.0 cm³/mol. The van der Waals surface area contributed by atoms with Crippen LogP contribution in [0.3, 0.4) is 0 Å². The molecule has 122 valence electrons. The molecule has 1 saturated heterocycles. The van der Waals surface area contributed by atoms with Crippen LogP contribution in [0.2, 0.25) is 0 Å². The maximum Gasteiger partial charge on any atom is 0.225 e. The van der Waals surface area contributed by atoms with Gasteiger partial charge in [-0.2, -0.15) is 4.98 Å². The number of rotatable bonds is 4. The third-order valence-corrected chi connectivity index (χ3v) is 5.66. The van der Waals surface area contributed by atoms with Gasteiger partial charge in [-0.1, -0.05) is 18.2 Å². The Labute approximate surface area is 136 Å². The van der Waals surface area contributed by atoms with Crippen LogP contribution in [0.4, 0.5) is 17.5 Å². The van der Waals surface area contributed by atoms with Crippen molar-refractivity contribution in [2.45, 2.75) is 19.4 Å². The summed E-state index contributed by atoms with van der Waals surface area (Å²) in [5.41, 5.74) is 1.86. The van der Waals surface area contributed by atoms with E-state index in [1.807, 2.05) is 55.3 Å². The summed E-state index contributed by atoms with van der Waals surface area (Å²) >= 11 is 0. The highest BCUT2D eigenvalue weighted by Gasteiger charge is 2.28. The summed E-state index contributed by atoms with van der Waals surface area (Å²) in [6.45, 7) is 1.90. The van der Waals surface area contributed by atoms with Gasteiger partial charge in [0.05, 0.1) is 11.5 Å². The highest BCUT2D eigenvalue weighted by atomic mass is 32.2. The van der Waals surface area contributed by atoms with Crippen molar-refractivity contribution in [3.05, 3.63) is 42.1 Å². The first-order valence-electron chi connectivity index (χ1n) is 7.54. The Bertz CT molecular complexity index is 793. The third-order valence-electron chi connectivity index (χ3n) is 3.89. The molecule has 0 aliphatic carbocycles. The number of para-hydroxylation sites is 1. The largest absolute Gasteiger partial charge is 0.350 e. The lowest BCUT2D eigenvalue weighted by Crippen LogP contribution is -2.23. The lowest BCUT2D eigenvalue weighted by atomic mass is 10.2. The second kappa shape index (κ2) is 6.16. The van der Waals surface area contributed by atoms with Gasteiger partial charge in [-0.25, -0.2) is 13.4 Å². The van der Waals surface area contributed by atoms with Gasteiger partial charge in [-0.3, -0.25) is 0 Å². The molecule has 1 atom stereocenters. The van der Waals surface area contributed by atoms with Crippen molar-refractivity contribution in [1.29, 1.82) is 0 Å². The minimum Gasteiger partial charge on any atom is -0.350 e. The Morgan fingerprint density at radius 3 is 2.61 bits per heavy atom.